The van der Waals surface area contributed by atoms with Crippen LogP contribution in [0.3, 0.4) is 0 Å². The summed E-state index contributed by atoms with van der Waals surface area (Å²) in [4.78, 5) is 28.6. The first kappa shape index (κ1) is 19.5. The number of carbonyl (C=O) groups excluding carboxylic acids is 1. The van der Waals surface area contributed by atoms with Crippen LogP contribution in [0.2, 0.25) is 0 Å². The standard InChI is InChI=1S/C17H20FN3O5/c1-21-12(8-13(25-2)26-3)20-14(15(22)17(21)24)16(23)19-9-10-4-6-11(18)7-5-10/h4-7,13,22H,8-9H2,1-3H3,(H,19,23). The second-order valence-electron chi connectivity index (χ2n) is 5.50. The highest BCUT2D eigenvalue weighted by Gasteiger charge is 2.21. The molecule has 0 radical (unpaired) electrons. The maximum atomic E-state index is 12.9. The minimum atomic E-state index is -0.757. The van der Waals surface area contributed by atoms with E-state index >= 15 is 0 Å². The number of nitrogens with zero attached hydrogens (tertiary/aromatic N) is 2. The van der Waals surface area contributed by atoms with Crippen LogP contribution in [-0.2, 0) is 29.5 Å². The highest BCUT2D eigenvalue weighted by molar-refractivity contribution is 5.94. The number of hydrogen-bond acceptors (Lipinski definition) is 6. The summed E-state index contributed by atoms with van der Waals surface area (Å²) < 4.78 is 24.2. The van der Waals surface area contributed by atoms with Crippen LogP contribution < -0.4 is 10.9 Å². The Labute approximate surface area is 149 Å². The van der Waals surface area contributed by atoms with E-state index in [-0.39, 0.29) is 24.6 Å². The van der Waals surface area contributed by atoms with Gasteiger partial charge in [-0.3, -0.25) is 14.2 Å². The van der Waals surface area contributed by atoms with Gasteiger partial charge in [-0.15, -0.1) is 0 Å². The fourth-order valence-electron chi connectivity index (χ4n) is 2.26. The van der Waals surface area contributed by atoms with Crippen LogP contribution in [-0.4, -0.2) is 41.1 Å². The van der Waals surface area contributed by atoms with Gasteiger partial charge < -0.3 is 19.9 Å². The predicted molar refractivity (Wildman–Crippen MR) is 90.2 cm³/mol. The van der Waals surface area contributed by atoms with Gasteiger partial charge in [0.2, 0.25) is 5.75 Å². The van der Waals surface area contributed by atoms with Gasteiger partial charge in [0.1, 0.15) is 11.6 Å². The van der Waals surface area contributed by atoms with Gasteiger partial charge in [-0.25, -0.2) is 9.37 Å². The molecule has 0 unspecified atom stereocenters. The maximum Gasteiger partial charge on any atom is 0.296 e. The van der Waals surface area contributed by atoms with E-state index in [0.29, 0.717) is 5.56 Å². The molecule has 1 amide bonds. The third-order valence-corrected chi connectivity index (χ3v) is 3.82. The topological polar surface area (TPSA) is 103 Å². The lowest BCUT2D eigenvalue weighted by atomic mass is 10.2. The Morgan fingerprint density at radius 1 is 1.31 bits per heavy atom. The van der Waals surface area contributed by atoms with Gasteiger partial charge >= 0.3 is 0 Å². The Hall–Kier alpha value is -2.78. The van der Waals surface area contributed by atoms with Crippen molar-refractivity contribution < 1.29 is 23.8 Å². The minimum Gasteiger partial charge on any atom is -0.501 e. The quantitative estimate of drug-likeness (QED) is 0.701. The van der Waals surface area contributed by atoms with Gasteiger partial charge in [-0.05, 0) is 17.7 Å². The first-order valence-corrected chi connectivity index (χ1v) is 7.74. The SMILES string of the molecule is COC(Cc1nc(C(=O)NCc2ccc(F)cc2)c(O)c(=O)n1C)OC. The van der Waals surface area contributed by atoms with E-state index in [4.69, 9.17) is 9.47 Å². The summed E-state index contributed by atoms with van der Waals surface area (Å²) in [6, 6.07) is 5.56. The van der Waals surface area contributed by atoms with Gasteiger partial charge in [0.25, 0.3) is 11.5 Å². The molecule has 0 aliphatic rings. The highest BCUT2D eigenvalue weighted by Crippen LogP contribution is 2.12. The number of benzene rings is 1. The molecule has 1 aromatic heterocycles. The summed E-state index contributed by atoms with van der Waals surface area (Å²) in [6.45, 7) is 0.0868. The lowest BCUT2D eigenvalue weighted by Gasteiger charge is -2.16. The summed E-state index contributed by atoms with van der Waals surface area (Å²) >= 11 is 0. The van der Waals surface area contributed by atoms with Crippen molar-refractivity contribution in [1.82, 2.24) is 14.9 Å². The first-order valence-electron chi connectivity index (χ1n) is 7.74. The van der Waals surface area contributed by atoms with Crippen LogP contribution in [0, 0.1) is 5.82 Å². The van der Waals surface area contributed by atoms with Crippen LogP contribution in [0.5, 0.6) is 5.75 Å². The van der Waals surface area contributed by atoms with E-state index in [2.05, 4.69) is 10.3 Å². The number of nitrogens with one attached hydrogen (secondary N) is 1. The summed E-state index contributed by atoms with van der Waals surface area (Å²) in [5, 5.41) is 12.5. The number of rotatable bonds is 7. The molecule has 2 aromatic rings. The zero-order valence-electron chi connectivity index (χ0n) is 14.7. The Morgan fingerprint density at radius 2 is 1.92 bits per heavy atom. The molecule has 26 heavy (non-hydrogen) atoms. The molecular weight excluding hydrogens is 345 g/mol. The van der Waals surface area contributed by atoms with Crippen LogP contribution in [0.25, 0.3) is 0 Å². The molecule has 1 heterocycles. The van der Waals surface area contributed by atoms with Crippen LogP contribution in [0.1, 0.15) is 21.9 Å². The van der Waals surface area contributed by atoms with E-state index in [9.17, 15) is 19.1 Å². The molecule has 0 atom stereocenters. The number of hydrogen-bond donors (Lipinski definition) is 2. The van der Waals surface area contributed by atoms with Crippen molar-refractivity contribution in [2.24, 2.45) is 7.05 Å². The molecule has 0 fully saturated rings. The zero-order chi connectivity index (χ0) is 19.3. The maximum absolute atomic E-state index is 12.9. The number of methoxy groups -OCH3 is 2. The Balaban J connectivity index is 2.23. The van der Waals surface area contributed by atoms with Crippen LogP contribution >= 0.6 is 0 Å². The lowest BCUT2D eigenvalue weighted by molar-refractivity contribution is -0.102. The van der Waals surface area contributed by atoms with Crippen molar-refractivity contribution in [3.05, 3.63) is 57.5 Å². The number of aromatic hydroxyl groups is 1. The van der Waals surface area contributed by atoms with Crippen LogP contribution in [0.15, 0.2) is 29.1 Å². The van der Waals surface area contributed by atoms with Crippen molar-refractivity contribution in [2.45, 2.75) is 19.3 Å². The lowest BCUT2D eigenvalue weighted by Crippen LogP contribution is -2.32. The normalized spacial score (nSPS) is 11.0. The van der Waals surface area contributed by atoms with E-state index in [1.54, 1.807) is 0 Å². The van der Waals surface area contributed by atoms with E-state index in [1.165, 1.54) is 45.5 Å². The molecule has 0 spiro atoms. The number of aromatic nitrogens is 2. The summed E-state index contributed by atoms with van der Waals surface area (Å²) in [5.41, 5.74) is -0.494. The Kier molecular flexibility index (Phi) is 6.42. The second-order valence-corrected chi connectivity index (χ2v) is 5.50. The molecule has 0 saturated carbocycles. The van der Waals surface area contributed by atoms with Crippen molar-refractivity contribution in [2.75, 3.05) is 14.2 Å². The highest BCUT2D eigenvalue weighted by atomic mass is 19.1. The molecule has 0 saturated heterocycles. The van der Waals surface area contributed by atoms with Crippen molar-refractivity contribution in [3.8, 4) is 5.75 Å². The Morgan fingerprint density at radius 3 is 2.50 bits per heavy atom. The van der Waals surface area contributed by atoms with E-state index < -0.39 is 29.2 Å². The summed E-state index contributed by atoms with van der Waals surface area (Å²) in [5.74, 6) is -1.65. The van der Waals surface area contributed by atoms with Gasteiger partial charge in [0.15, 0.2) is 12.0 Å². The fourth-order valence-corrected chi connectivity index (χ4v) is 2.26. The molecule has 0 aliphatic heterocycles. The van der Waals surface area contributed by atoms with Gasteiger partial charge in [-0.2, -0.15) is 0 Å². The zero-order valence-corrected chi connectivity index (χ0v) is 14.7. The smallest absolute Gasteiger partial charge is 0.296 e. The molecular formula is C17H20FN3O5. The van der Waals surface area contributed by atoms with Crippen LogP contribution in [0.4, 0.5) is 4.39 Å². The first-order chi connectivity index (χ1) is 12.4. The van der Waals surface area contributed by atoms with Gasteiger partial charge in [0, 0.05) is 27.8 Å². The fraction of sp³-hybridized carbons (Fsp3) is 0.353. The molecule has 2 N–H and O–H groups in total. The van der Waals surface area contributed by atoms with Crippen molar-refractivity contribution >= 4 is 5.91 Å². The number of ether oxygens (including phenoxy) is 2. The average Bonchev–Trinajstić information content (AvgIpc) is 2.65. The summed E-state index contributed by atoms with van der Waals surface area (Å²) in [7, 11) is 4.29. The molecule has 9 heteroatoms. The molecule has 1 aromatic carbocycles. The molecule has 140 valence electrons. The van der Waals surface area contributed by atoms with E-state index in [0.717, 1.165) is 4.57 Å². The van der Waals surface area contributed by atoms with Crippen molar-refractivity contribution in [1.29, 1.82) is 0 Å². The predicted octanol–water partition coefficient (Wildman–Crippen LogP) is 0.716. The molecule has 2 rings (SSSR count). The van der Waals surface area contributed by atoms with E-state index in [1.807, 2.05) is 0 Å². The summed E-state index contributed by atoms with van der Waals surface area (Å²) in [6.07, 6.45) is -0.551. The minimum absolute atomic E-state index is 0.0868. The third-order valence-electron chi connectivity index (χ3n) is 3.82. The monoisotopic (exact) mass is 365 g/mol. The van der Waals surface area contributed by atoms with Gasteiger partial charge in [-0.1, -0.05) is 12.1 Å². The average molecular weight is 365 g/mol. The number of carbonyl (C=O) groups is 1. The third kappa shape index (κ3) is 4.44. The molecule has 8 nitrogen and oxygen atoms in total. The Bertz CT molecular complexity index is 832. The molecule has 0 bridgehead atoms. The molecule has 0 aliphatic carbocycles. The van der Waals surface area contributed by atoms with Crippen molar-refractivity contribution in [3.63, 3.8) is 0 Å². The largest absolute Gasteiger partial charge is 0.501 e. The number of amides is 1. The second kappa shape index (κ2) is 8.54. The van der Waals surface area contributed by atoms with Gasteiger partial charge in [0.05, 0.1) is 6.42 Å². The number of halogens is 1.